The van der Waals surface area contributed by atoms with Gasteiger partial charge in [-0.15, -0.1) is 0 Å². The van der Waals surface area contributed by atoms with E-state index in [1.54, 1.807) is 29.2 Å². The Morgan fingerprint density at radius 3 is 2.60 bits per heavy atom. The van der Waals surface area contributed by atoms with Gasteiger partial charge in [-0.2, -0.15) is 4.31 Å². The molecule has 2 fully saturated rings. The molecule has 2 aliphatic heterocycles. The number of carbonyl (C=O) groups is 1. The Bertz CT molecular complexity index is 814. The summed E-state index contributed by atoms with van der Waals surface area (Å²) < 4.78 is 27.1. The van der Waals surface area contributed by atoms with Crippen molar-refractivity contribution in [1.29, 1.82) is 0 Å². The van der Waals surface area contributed by atoms with E-state index in [0.717, 1.165) is 19.5 Å². The van der Waals surface area contributed by atoms with Crippen molar-refractivity contribution in [2.75, 3.05) is 58.1 Å². The van der Waals surface area contributed by atoms with E-state index in [1.165, 1.54) is 17.1 Å². The number of nitrogens with zero attached hydrogens (tertiary/aromatic N) is 3. The summed E-state index contributed by atoms with van der Waals surface area (Å²) in [5, 5.41) is 3.56. The molecule has 2 heterocycles. The Labute approximate surface area is 185 Å². The zero-order chi connectivity index (χ0) is 21.6. The van der Waals surface area contributed by atoms with Crippen molar-refractivity contribution < 1.29 is 13.2 Å². The highest BCUT2D eigenvalue weighted by Gasteiger charge is 2.27. The number of piperidine rings is 1. The fourth-order valence-corrected chi connectivity index (χ4v) is 5.80. The third-order valence-electron chi connectivity index (χ3n) is 6.08. The molecule has 1 atom stereocenters. The van der Waals surface area contributed by atoms with E-state index < -0.39 is 10.0 Å². The molecule has 9 heteroatoms. The van der Waals surface area contributed by atoms with E-state index in [0.29, 0.717) is 49.4 Å². The number of rotatable bonds is 8. The topological polar surface area (TPSA) is 73.0 Å². The number of carbonyl (C=O) groups excluding carboxylic acids is 1. The fraction of sp³-hybridized carbons (Fsp3) is 0.667. The third kappa shape index (κ3) is 6.17. The summed E-state index contributed by atoms with van der Waals surface area (Å²) in [6, 6.07) is 7.44. The van der Waals surface area contributed by atoms with Crippen molar-refractivity contribution in [3.63, 3.8) is 0 Å². The van der Waals surface area contributed by atoms with Crippen molar-refractivity contribution in [2.24, 2.45) is 0 Å². The largest absolute Gasteiger partial charge is 0.336 e. The van der Waals surface area contributed by atoms with E-state index >= 15 is 0 Å². The van der Waals surface area contributed by atoms with E-state index in [4.69, 9.17) is 11.6 Å². The molecule has 2 saturated heterocycles. The average Bonchev–Trinajstić information content (AvgIpc) is 2.75. The van der Waals surface area contributed by atoms with Crippen LogP contribution in [0.25, 0.3) is 0 Å². The van der Waals surface area contributed by atoms with Gasteiger partial charge in [-0.05, 0) is 38.4 Å². The lowest BCUT2D eigenvalue weighted by Gasteiger charge is -2.35. The molecular weight excluding hydrogens is 424 g/mol. The maximum Gasteiger partial charge on any atom is 0.255 e. The molecule has 0 aliphatic carbocycles. The number of nitrogens with one attached hydrogen (secondary N) is 1. The summed E-state index contributed by atoms with van der Waals surface area (Å²) >= 11 is 6.26. The van der Waals surface area contributed by atoms with Crippen LogP contribution in [0, 0.1) is 0 Å². The average molecular weight is 457 g/mol. The van der Waals surface area contributed by atoms with Crippen LogP contribution in [-0.2, 0) is 10.0 Å². The van der Waals surface area contributed by atoms with Crippen molar-refractivity contribution >= 4 is 27.5 Å². The van der Waals surface area contributed by atoms with E-state index in [-0.39, 0.29) is 18.2 Å². The highest BCUT2D eigenvalue weighted by atomic mass is 35.5. The number of halogens is 1. The van der Waals surface area contributed by atoms with E-state index in [1.807, 2.05) is 0 Å². The predicted octanol–water partition coefficient (Wildman–Crippen LogP) is 1.89. The van der Waals surface area contributed by atoms with Crippen LogP contribution in [0.5, 0.6) is 0 Å². The molecule has 0 saturated carbocycles. The molecule has 0 aromatic heterocycles. The highest BCUT2D eigenvalue weighted by Crippen LogP contribution is 2.19. The van der Waals surface area contributed by atoms with Gasteiger partial charge in [0, 0.05) is 51.9 Å². The minimum absolute atomic E-state index is 0.0707. The minimum Gasteiger partial charge on any atom is -0.336 e. The molecule has 0 bridgehead atoms. The second-order valence-electron chi connectivity index (χ2n) is 8.12. The van der Waals surface area contributed by atoms with E-state index in [2.05, 4.69) is 17.1 Å². The van der Waals surface area contributed by atoms with Crippen LogP contribution in [0.15, 0.2) is 24.3 Å². The van der Waals surface area contributed by atoms with Crippen LogP contribution >= 0.6 is 11.6 Å². The van der Waals surface area contributed by atoms with Crippen molar-refractivity contribution in [2.45, 2.75) is 32.2 Å². The van der Waals surface area contributed by atoms with Crippen LogP contribution in [0.3, 0.4) is 0 Å². The molecule has 0 radical (unpaired) electrons. The van der Waals surface area contributed by atoms with Crippen molar-refractivity contribution in [3.05, 3.63) is 34.9 Å². The first-order valence-corrected chi connectivity index (χ1v) is 12.8. The highest BCUT2D eigenvalue weighted by molar-refractivity contribution is 7.89. The smallest absolute Gasteiger partial charge is 0.255 e. The molecular formula is C21H33ClN4O3S. The molecule has 2 aliphatic rings. The lowest BCUT2D eigenvalue weighted by Crippen LogP contribution is -2.49. The fourth-order valence-electron chi connectivity index (χ4n) is 4.14. The van der Waals surface area contributed by atoms with Gasteiger partial charge < -0.3 is 10.2 Å². The lowest BCUT2D eigenvalue weighted by molar-refractivity contribution is 0.0717. The number of sulfonamides is 1. The monoisotopic (exact) mass is 456 g/mol. The standard InChI is InChI=1S/C21H33ClN4O3S/c1-18-6-4-5-11-24(18)14-15-25(21(27)19-7-2-3-8-20(19)22)16-17-30(28,29)26-12-9-23-10-13-26/h2-3,7-8,18,23H,4-6,9-17H2,1H3/t18-/m0/s1. The summed E-state index contributed by atoms with van der Waals surface area (Å²) in [4.78, 5) is 17.3. The molecule has 1 N–H and O–H groups in total. The summed E-state index contributed by atoms with van der Waals surface area (Å²) in [5.41, 5.74) is 0.422. The Balaban J connectivity index is 1.69. The molecule has 7 nitrogen and oxygen atoms in total. The normalized spacial score (nSPS) is 21.5. The Morgan fingerprint density at radius 1 is 1.17 bits per heavy atom. The maximum atomic E-state index is 13.2. The number of hydrogen-bond donors (Lipinski definition) is 1. The number of amides is 1. The van der Waals surface area contributed by atoms with Crippen LogP contribution in [0.4, 0.5) is 0 Å². The van der Waals surface area contributed by atoms with E-state index in [9.17, 15) is 13.2 Å². The third-order valence-corrected chi connectivity index (χ3v) is 8.26. The molecule has 1 aromatic rings. The van der Waals surface area contributed by atoms with Crippen molar-refractivity contribution in [1.82, 2.24) is 19.4 Å². The van der Waals surface area contributed by atoms with Crippen molar-refractivity contribution in [3.8, 4) is 0 Å². The quantitative estimate of drug-likeness (QED) is 0.646. The second-order valence-corrected chi connectivity index (χ2v) is 10.6. The summed E-state index contributed by atoms with van der Waals surface area (Å²) in [6.07, 6.45) is 3.57. The number of benzene rings is 1. The Kier molecular flexibility index (Phi) is 8.53. The van der Waals surface area contributed by atoms with Crippen LogP contribution in [0.1, 0.15) is 36.5 Å². The predicted molar refractivity (Wildman–Crippen MR) is 120 cm³/mol. The molecule has 0 unspecified atom stereocenters. The summed E-state index contributed by atoms with van der Waals surface area (Å²) in [7, 11) is -3.41. The van der Waals surface area contributed by atoms with Crippen LogP contribution in [0.2, 0.25) is 5.02 Å². The molecule has 168 valence electrons. The van der Waals surface area contributed by atoms with Crippen LogP contribution < -0.4 is 5.32 Å². The number of piperazine rings is 1. The van der Waals surface area contributed by atoms with Gasteiger partial charge in [0.05, 0.1) is 16.3 Å². The summed E-state index contributed by atoms with van der Waals surface area (Å²) in [6.45, 7) is 6.92. The molecule has 1 aromatic carbocycles. The number of hydrogen-bond acceptors (Lipinski definition) is 5. The SMILES string of the molecule is C[C@H]1CCCCN1CCN(CCS(=O)(=O)N1CCNCC1)C(=O)c1ccccc1Cl. The lowest BCUT2D eigenvalue weighted by atomic mass is 10.0. The molecule has 0 spiro atoms. The molecule has 3 rings (SSSR count). The van der Waals surface area contributed by atoms with Gasteiger partial charge in [-0.1, -0.05) is 30.2 Å². The first-order chi connectivity index (χ1) is 14.4. The summed E-state index contributed by atoms with van der Waals surface area (Å²) in [5.74, 6) is -0.278. The van der Waals surface area contributed by atoms with Gasteiger partial charge in [0.25, 0.3) is 5.91 Å². The zero-order valence-corrected chi connectivity index (χ0v) is 19.3. The second kappa shape index (κ2) is 10.9. The van der Waals surface area contributed by atoms with Gasteiger partial charge in [0.15, 0.2) is 0 Å². The maximum absolute atomic E-state index is 13.2. The first-order valence-electron chi connectivity index (χ1n) is 10.8. The first kappa shape index (κ1) is 23.5. The van der Waals surface area contributed by atoms with Gasteiger partial charge in [0.2, 0.25) is 10.0 Å². The zero-order valence-electron chi connectivity index (χ0n) is 17.7. The van der Waals surface area contributed by atoms with Crippen LogP contribution in [-0.4, -0.2) is 92.6 Å². The van der Waals surface area contributed by atoms with Gasteiger partial charge >= 0.3 is 0 Å². The Morgan fingerprint density at radius 2 is 1.90 bits per heavy atom. The number of likely N-dealkylation sites (tertiary alicyclic amines) is 1. The minimum atomic E-state index is -3.41. The van der Waals surface area contributed by atoms with Gasteiger partial charge in [0.1, 0.15) is 0 Å². The molecule has 1 amide bonds. The Hall–Kier alpha value is -1.19. The van der Waals surface area contributed by atoms with Gasteiger partial charge in [-0.3, -0.25) is 9.69 Å². The van der Waals surface area contributed by atoms with Gasteiger partial charge in [-0.25, -0.2) is 8.42 Å². The molecule has 30 heavy (non-hydrogen) atoms.